The number of benzene rings is 3. The molecule has 0 bridgehead atoms. The zero-order valence-corrected chi connectivity index (χ0v) is 20.7. The largest absolute Gasteiger partial charge is 0.459 e. The maximum atomic E-state index is 13.2. The van der Waals surface area contributed by atoms with Crippen LogP contribution in [0.25, 0.3) is 0 Å². The van der Waals surface area contributed by atoms with Crippen molar-refractivity contribution < 1.29 is 14.3 Å². The Labute approximate surface area is 208 Å². The Bertz CT molecular complexity index is 1070. The van der Waals surface area contributed by atoms with Crippen molar-refractivity contribution in [2.24, 2.45) is 11.3 Å². The molecule has 5 rings (SSSR count). The molecule has 3 heteroatoms. The number of hydrogen-bond donors (Lipinski definition) is 0. The molecule has 0 spiro atoms. The van der Waals surface area contributed by atoms with E-state index in [-0.39, 0.29) is 18.0 Å². The van der Waals surface area contributed by atoms with Crippen molar-refractivity contribution >= 4 is 5.97 Å². The molecule has 0 unspecified atom stereocenters. The maximum Gasteiger partial charge on any atom is 0.316 e. The molecule has 180 valence electrons. The van der Waals surface area contributed by atoms with Crippen LogP contribution in [0.3, 0.4) is 0 Å². The summed E-state index contributed by atoms with van der Waals surface area (Å²) in [6, 6.07) is 31.0. The molecule has 35 heavy (non-hydrogen) atoms. The van der Waals surface area contributed by atoms with E-state index < -0.39 is 11.0 Å². The summed E-state index contributed by atoms with van der Waals surface area (Å²) < 4.78 is 13.0. The van der Waals surface area contributed by atoms with Gasteiger partial charge >= 0.3 is 5.97 Å². The molecular formula is C32H34O3. The molecule has 0 saturated carbocycles. The molecule has 1 heterocycles. The molecule has 3 aromatic carbocycles. The van der Waals surface area contributed by atoms with Gasteiger partial charge in [0.15, 0.2) is 0 Å². The van der Waals surface area contributed by atoms with E-state index >= 15 is 0 Å². The number of carbonyl (C=O) groups is 1. The highest BCUT2D eigenvalue weighted by Gasteiger charge is 2.54. The molecule has 3 nitrogen and oxygen atoms in total. The van der Waals surface area contributed by atoms with Crippen molar-refractivity contribution in [3.05, 3.63) is 119 Å². The van der Waals surface area contributed by atoms with Gasteiger partial charge < -0.3 is 9.47 Å². The first-order valence-corrected chi connectivity index (χ1v) is 12.8. The van der Waals surface area contributed by atoms with Crippen LogP contribution >= 0.6 is 0 Å². The predicted octanol–water partition coefficient (Wildman–Crippen LogP) is 7.06. The molecule has 0 aromatic heterocycles. The number of esters is 1. The van der Waals surface area contributed by atoms with Crippen molar-refractivity contribution in [3.8, 4) is 0 Å². The molecule has 1 aliphatic carbocycles. The normalized spacial score (nSPS) is 24.6. The van der Waals surface area contributed by atoms with Crippen molar-refractivity contribution in [1.82, 2.24) is 0 Å². The number of cyclic esters (lactones) is 1. The first kappa shape index (κ1) is 23.6. The van der Waals surface area contributed by atoms with Gasteiger partial charge in [-0.3, -0.25) is 4.79 Å². The van der Waals surface area contributed by atoms with Crippen LogP contribution in [0.15, 0.2) is 103 Å². The first-order valence-electron chi connectivity index (χ1n) is 12.8. The van der Waals surface area contributed by atoms with Gasteiger partial charge in [0.05, 0.1) is 12.0 Å². The Morgan fingerprint density at radius 1 is 0.857 bits per heavy atom. The smallest absolute Gasteiger partial charge is 0.316 e. The van der Waals surface area contributed by atoms with Gasteiger partial charge in [-0.15, -0.1) is 0 Å². The minimum absolute atomic E-state index is 0.0272. The fourth-order valence-corrected chi connectivity index (χ4v) is 5.81. The number of carbonyl (C=O) groups excluding carboxylic acids is 1. The van der Waals surface area contributed by atoms with E-state index in [1.807, 2.05) is 54.6 Å². The summed E-state index contributed by atoms with van der Waals surface area (Å²) in [6.45, 7) is 4.52. The third kappa shape index (κ3) is 4.12. The van der Waals surface area contributed by atoms with E-state index in [0.717, 1.165) is 36.0 Å². The second-order valence-electron chi connectivity index (χ2n) is 10.0. The van der Waals surface area contributed by atoms with E-state index in [1.54, 1.807) is 0 Å². The van der Waals surface area contributed by atoms with Crippen LogP contribution < -0.4 is 0 Å². The third-order valence-corrected chi connectivity index (χ3v) is 8.11. The number of ether oxygens (including phenoxy) is 2. The lowest BCUT2D eigenvalue weighted by Gasteiger charge is -2.37. The standard InChI is InChI=1S/C32H34O3/c1-24-29(35-30(33)31(24,2)25-15-7-3-8-16-25)23-34-32(26-17-9-4-10-18-26,27-19-11-5-12-20-27)28-21-13-6-14-22-28/h4-6,9-15,17-22,24,29H,3,7-8,16,23H2,1-2H3/t24-,29-,31-/m1/s1. The Hall–Kier alpha value is -3.17. The molecule has 0 radical (unpaired) electrons. The van der Waals surface area contributed by atoms with Crippen LogP contribution in [0.4, 0.5) is 0 Å². The van der Waals surface area contributed by atoms with E-state index in [4.69, 9.17) is 9.47 Å². The van der Waals surface area contributed by atoms with Crippen LogP contribution in [0.2, 0.25) is 0 Å². The topological polar surface area (TPSA) is 35.5 Å². The highest BCUT2D eigenvalue weighted by Crippen LogP contribution is 2.49. The van der Waals surface area contributed by atoms with Gasteiger partial charge in [0, 0.05) is 5.92 Å². The van der Waals surface area contributed by atoms with Gasteiger partial charge in [0.1, 0.15) is 11.7 Å². The van der Waals surface area contributed by atoms with E-state index in [9.17, 15) is 4.79 Å². The Morgan fingerprint density at radius 2 is 1.37 bits per heavy atom. The van der Waals surface area contributed by atoms with Crippen LogP contribution in [0.1, 0.15) is 56.2 Å². The molecule has 2 aliphatic rings. The van der Waals surface area contributed by atoms with E-state index in [0.29, 0.717) is 6.61 Å². The summed E-state index contributed by atoms with van der Waals surface area (Å²) in [5, 5.41) is 0. The predicted molar refractivity (Wildman–Crippen MR) is 139 cm³/mol. The Balaban J connectivity index is 1.53. The number of hydrogen-bond acceptors (Lipinski definition) is 3. The average molecular weight is 467 g/mol. The molecule has 0 N–H and O–H groups in total. The Morgan fingerprint density at radius 3 is 1.83 bits per heavy atom. The number of rotatable bonds is 7. The number of allylic oxidation sites excluding steroid dienone is 1. The second-order valence-corrected chi connectivity index (χ2v) is 10.0. The molecular weight excluding hydrogens is 432 g/mol. The minimum atomic E-state index is -0.820. The quantitative estimate of drug-likeness (QED) is 0.212. The summed E-state index contributed by atoms with van der Waals surface area (Å²) in [6.07, 6.45) is 6.32. The molecule has 1 saturated heterocycles. The van der Waals surface area contributed by atoms with Gasteiger partial charge in [0.2, 0.25) is 0 Å². The summed E-state index contributed by atoms with van der Waals surface area (Å²) >= 11 is 0. The lowest BCUT2D eigenvalue weighted by molar-refractivity contribution is -0.150. The van der Waals surface area contributed by atoms with Crippen molar-refractivity contribution in [3.63, 3.8) is 0 Å². The second kappa shape index (κ2) is 9.83. The van der Waals surface area contributed by atoms with Crippen LogP contribution in [0, 0.1) is 11.3 Å². The first-order chi connectivity index (χ1) is 17.1. The monoisotopic (exact) mass is 466 g/mol. The summed E-state index contributed by atoms with van der Waals surface area (Å²) in [7, 11) is 0. The zero-order valence-electron chi connectivity index (χ0n) is 20.7. The fourth-order valence-electron chi connectivity index (χ4n) is 5.81. The highest BCUT2D eigenvalue weighted by atomic mass is 16.6. The fraction of sp³-hybridized carbons (Fsp3) is 0.344. The highest BCUT2D eigenvalue weighted by molar-refractivity contribution is 5.83. The summed E-state index contributed by atoms with van der Waals surface area (Å²) in [4.78, 5) is 13.2. The van der Waals surface area contributed by atoms with Crippen LogP contribution in [-0.4, -0.2) is 18.7 Å². The van der Waals surface area contributed by atoms with Crippen LogP contribution in [-0.2, 0) is 19.9 Å². The van der Waals surface area contributed by atoms with Crippen molar-refractivity contribution in [2.75, 3.05) is 6.61 Å². The molecule has 3 atom stereocenters. The van der Waals surface area contributed by atoms with Gasteiger partial charge in [-0.25, -0.2) is 0 Å². The zero-order chi connectivity index (χ0) is 24.3. The molecule has 1 fully saturated rings. The summed E-state index contributed by atoms with van der Waals surface area (Å²) in [5.41, 5.74) is 2.98. The maximum absolute atomic E-state index is 13.2. The van der Waals surface area contributed by atoms with Gasteiger partial charge in [-0.05, 0) is 49.3 Å². The molecule has 1 aliphatic heterocycles. The Kier molecular flexibility index (Phi) is 6.62. The molecule has 3 aromatic rings. The van der Waals surface area contributed by atoms with Crippen LogP contribution in [0.5, 0.6) is 0 Å². The van der Waals surface area contributed by atoms with E-state index in [2.05, 4.69) is 56.3 Å². The lowest BCUT2D eigenvalue weighted by atomic mass is 9.69. The van der Waals surface area contributed by atoms with Crippen molar-refractivity contribution in [1.29, 1.82) is 0 Å². The van der Waals surface area contributed by atoms with E-state index in [1.165, 1.54) is 12.0 Å². The summed E-state index contributed by atoms with van der Waals surface area (Å²) in [5.74, 6) is -0.0872. The molecule has 0 amide bonds. The third-order valence-electron chi connectivity index (χ3n) is 8.11. The van der Waals surface area contributed by atoms with Gasteiger partial charge in [-0.2, -0.15) is 0 Å². The minimum Gasteiger partial charge on any atom is -0.459 e. The van der Waals surface area contributed by atoms with Crippen molar-refractivity contribution in [2.45, 2.75) is 51.2 Å². The average Bonchev–Trinajstić information content (AvgIpc) is 3.15. The van der Waals surface area contributed by atoms with Gasteiger partial charge in [-0.1, -0.05) is 110 Å². The SMILES string of the molecule is C[C@@H]1[C@@H](COC(c2ccccc2)(c2ccccc2)c2ccccc2)OC(=O)[C@@]1(C)C1=CCCCC1. The lowest BCUT2D eigenvalue weighted by Crippen LogP contribution is -2.38. The van der Waals surface area contributed by atoms with Gasteiger partial charge in [0.25, 0.3) is 0 Å².